The molecule has 0 radical (unpaired) electrons. The topological polar surface area (TPSA) is 0 Å². The molecule has 0 spiro atoms. The lowest BCUT2D eigenvalue weighted by atomic mass is 10.2. The van der Waals surface area contributed by atoms with Crippen LogP contribution < -0.4 is 0 Å². The lowest BCUT2D eigenvalue weighted by molar-refractivity contribution is 0.544. The van der Waals surface area contributed by atoms with Crippen LogP contribution in [-0.2, 0) is 0 Å². The van der Waals surface area contributed by atoms with Crippen LogP contribution in [0.2, 0.25) is 30.2 Å². The first kappa shape index (κ1) is 31.1. The van der Waals surface area contributed by atoms with E-state index in [-0.39, 0.29) is 0 Å². The van der Waals surface area contributed by atoms with E-state index in [9.17, 15) is 0 Å². The maximum atomic E-state index is 3.21. The Morgan fingerprint density at radius 3 is 0.483 bits per heavy atom. The fourth-order valence-corrected chi connectivity index (χ4v) is 161. The number of hydrogen-bond donors (Lipinski definition) is 0. The molecule has 29 heavy (non-hydrogen) atoms. The van der Waals surface area contributed by atoms with E-state index in [2.05, 4.69) is 168 Å². The van der Waals surface area contributed by atoms with E-state index in [0.29, 0.717) is 30.2 Å². The molecule has 0 aliphatic carbocycles. The lowest BCUT2D eigenvalue weighted by Crippen LogP contribution is -2.86. The summed E-state index contributed by atoms with van der Waals surface area (Å²) >= 11 is 6.41. The first-order valence-corrected chi connectivity index (χ1v) is 25.6. The Morgan fingerprint density at radius 1 is 0.310 bits per heavy atom. The monoisotopic (exact) mass is 680 g/mol. The average Bonchev–Trinajstić information content (AvgIpc) is 2.12. The summed E-state index contributed by atoms with van der Waals surface area (Å²) in [6, 6.07) is 0. The quantitative estimate of drug-likeness (QED) is 0.155. The Morgan fingerprint density at radius 2 is 0.414 bits per heavy atom. The van der Waals surface area contributed by atoms with Gasteiger partial charge in [0.25, 0.3) is 0 Å². The number of rotatable bonds is 2. The highest BCUT2D eigenvalue weighted by atomic mass is 127. The standard InChI is InChI=1S/C24H54I2Si3/c1-19(2,3)27(20(4,5)6,21(7,8)9)29(25,26)28(22(10,11)12,23(13,14)15)24(16,17)18/h1-18H3. The predicted molar refractivity (Wildman–Crippen MR) is 164 cm³/mol. The van der Waals surface area contributed by atoms with Crippen LogP contribution in [0.25, 0.3) is 0 Å². The molecule has 0 bridgehead atoms. The molecule has 176 valence electrons. The third-order valence-electron chi connectivity index (χ3n) is 7.69. The summed E-state index contributed by atoms with van der Waals surface area (Å²) in [6.07, 6.45) is 0. The van der Waals surface area contributed by atoms with E-state index < -0.39 is 17.3 Å². The molecule has 0 aromatic carbocycles. The highest BCUT2D eigenvalue weighted by Gasteiger charge is 2.81. The normalized spacial score (nSPS) is 17.0. The summed E-state index contributed by atoms with van der Waals surface area (Å²) in [5.41, 5.74) is 0. The van der Waals surface area contributed by atoms with E-state index >= 15 is 0 Å². The zero-order valence-electron chi connectivity index (χ0n) is 23.3. The molecule has 0 saturated heterocycles. The SMILES string of the molecule is CC(C)(C)[Si](C(C)(C)C)(C(C)(C)C)[Si](I)(I)[Si](C(C)(C)C)(C(C)(C)C)C(C)(C)C. The second kappa shape index (κ2) is 8.10. The van der Waals surface area contributed by atoms with Gasteiger partial charge in [-0.3, -0.25) is 0 Å². The smallest absolute Gasteiger partial charge is 0.112 e. The molecular weight excluding hydrogens is 626 g/mol. The van der Waals surface area contributed by atoms with E-state index in [1.54, 1.807) is 0 Å². The van der Waals surface area contributed by atoms with Crippen LogP contribution in [0, 0.1) is 0 Å². The molecule has 0 aliphatic rings. The van der Waals surface area contributed by atoms with Crippen molar-refractivity contribution in [2.75, 3.05) is 0 Å². The van der Waals surface area contributed by atoms with Gasteiger partial charge in [0.05, 0.1) is 15.2 Å². The Bertz CT molecular complexity index is 456. The molecule has 0 unspecified atom stereocenters. The second-order valence-electron chi connectivity index (χ2n) is 15.6. The summed E-state index contributed by atoms with van der Waals surface area (Å²) < 4.78 is -1.86. The van der Waals surface area contributed by atoms with Gasteiger partial charge in [-0.15, -0.1) is 43.6 Å². The maximum Gasteiger partial charge on any atom is 0.176 e. The molecule has 0 aromatic rings. The summed E-state index contributed by atoms with van der Waals surface area (Å²) in [5, 5.41) is 2.07. The van der Waals surface area contributed by atoms with Crippen LogP contribution in [0.15, 0.2) is 0 Å². The predicted octanol–water partition coefficient (Wildman–Crippen LogP) is 11.2. The number of hydrogen-bond acceptors (Lipinski definition) is 0. The van der Waals surface area contributed by atoms with Gasteiger partial charge in [0.2, 0.25) is 0 Å². The van der Waals surface area contributed by atoms with Crippen molar-refractivity contribution in [3.63, 3.8) is 0 Å². The molecule has 0 fully saturated rings. The van der Waals surface area contributed by atoms with Gasteiger partial charge in [-0.05, 0) is 30.2 Å². The molecule has 0 amide bonds. The highest BCUT2D eigenvalue weighted by molar-refractivity contribution is 14.3. The lowest BCUT2D eigenvalue weighted by Gasteiger charge is -2.74. The Hall–Kier alpha value is 2.11. The second-order valence-corrected chi connectivity index (χ2v) is 67.3. The molecule has 0 aromatic heterocycles. The van der Waals surface area contributed by atoms with Gasteiger partial charge in [-0.1, -0.05) is 125 Å². The summed E-state index contributed by atoms with van der Waals surface area (Å²) in [4.78, 5) is 0. The minimum Gasteiger partial charge on any atom is -0.112 e. The minimum absolute atomic E-state index is 0.345. The molecule has 0 aliphatic heterocycles. The van der Waals surface area contributed by atoms with Crippen molar-refractivity contribution < 1.29 is 0 Å². The molecule has 0 N–H and O–H groups in total. The van der Waals surface area contributed by atoms with Crippen LogP contribution in [-0.4, -0.2) is 17.3 Å². The first-order valence-electron chi connectivity index (χ1n) is 11.4. The molecule has 5 heteroatoms. The number of halogens is 2. The van der Waals surface area contributed by atoms with Crippen molar-refractivity contribution in [1.82, 2.24) is 0 Å². The average molecular weight is 681 g/mol. The van der Waals surface area contributed by atoms with E-state index in [0.717, 1.165) is 0 Å². The van der Waals surface area contributed by atoms with Crippen molar-refractivity contribution in [3.8, 4) is 0 Å². The van der Waals surface area contributed by atoms with Gasteiger partial charge in [-0.25, -0.2) is 0 Å². The first-order chi connectivity index (χ1) is 12.0. The van der Waals surface area contributed by atoms with Crippen LogP contribution in [0.3, 0.4) is 0 Å². The van der Waals surface area contributed by atoms with Crippen LogP contribution in [0.1, 0.15) is 125 Å². The summed E-state index contributed by atoms with van der Waals surface area (Å²) in [5.74, 6) is 0. The fraction of sp³-hybridized carbons (Fsp3) is 1.00. The van der Waals surface area contributed by atoms with E-state index in [4.69, 9.17) is 0 Å². The van der Waals surface area contributed by atoms with Crippen LogP contribution in [0.4, 0.5) is 0 Å². The third kappa shape index (κ3) is 4.33. The fourth-order valence-electron chi connectivity index (χ4n) is 9.86. The third-order valence-corrected chi connectivity index (χ3v) is 78.1. The largest absolute Gasteiger partial charge is 0.176 e. The van der Waals surface area contributed by atoms with Gasteiger partial charge in [-0.2, -0.15) is 0 Å². The van der Waals surface area contributed by atoms with Gasteiger partial charge in [0.1, 0.15) is 0 Å². The molecule has 0 saturated carbocycles. The van der Waals surface area contributed by atoms with Gasteiger partial charge >= 0.3 is 0 Å². The van der Waals surface area contributed by atoms with E-state index in [1.807, 2.05) is 0 Å². The van der Waals surface area contributed by atoms with Crippen molar-refractivity contribution in [2.24, 2.45) is 0 Å². The molecule has 0 atom stereocenters. The van der Waals surface area contributed by atoms with Crippen molar-refractivity contribution in [2.45, 2.75) is 155 Å². The van der Waals surface area contributed by atoms with Crippen LogP contribution in [0.5, 0.6) is 0 Å². The maximum absolute atomic E-state index is 3.21. The Balaban J connectivity index is 8.22. The molecular formula is C24H54I2Si3. The van der Waals surface area contributed by atoms with Crippen LogP contribution >= 0.6 is 43.6 Å². The van der Waals surface area contributed by atoms with Gasteiger partial charge in [0.15, 0.2) is 2.10 Å². The van der Waals surface area contributed by atoms with Crippen molar-refractivity contribution in [3.05, 3.63) is 0 Å². The molecule has 0 nitrogen and oxygen atoms in total. The molecule has 0 heterocycles. The Labute approximate surface area is 214 Å². The zero-order chi connectivity index (χ0) is 24.5. The van der Waals surface area contributed by atoms with Gasteiger partial charge < -0.3 is 0 Å². The highest BCUT2D eigenvalue weighted by Crippen LogP contribution is 2.77. The van der Waals surface area contributed by atoms with Crippen molar-refractivity contribution in [1.29, 1.82) is 0 Å². The summed E-state index contributed by atoms with van der Waals surface area (Å²) in [6.45, 7) is 47.0. The van der Waals surface area contributed by atoms with E-state index in [1.165, 1.54) is 0 Å². The Kier molecular flexibility index (Phi) is 8.69. The molecule has 0 rings (SSSR count). The van der Waals surface area contributed by atoms with Gasteiger partial charge in [0, 0.05) is 0 Å². The summed E-state index contributed by atoms with van der Waals surface area (Å²) in [7, 11) is -3.84. The zero-order valence-corrected chi connectivity index (χ0v) is 30.6. The minimum atomic E-state index is -1.92. The van der Waals surface area contributed by atoms with Crippen molar-refractivity contribution >= 4 is 60.9 Å².